The van der Waals surface area contributed by atoms with E-state index in [0.29, 0.717) is 6.54 Å². The molecule has 0 aromatic heterocycles. The lowest BCUT2D eigenvalue weighted by atomic mass is 9.88. The Labute approximate surface area is 138 Å². The predicted octanol–water partition coefficient (Wildman–Crippen LogP) is 2.66. The van der Waals surface area contributed by atoms with Crippen LogP contribution in [0.4, 0.5) is 0 Å². The van der Waals surface area contributed by atoms with E-state index in [1.165, 1.54) is 17.5 Å². The lowest BCUT2D eigenvalue weighted by molar-refractivity contribution is -0.138. The van der Waals surface area contributed by atoms with Crippen LogP contribution in [0.1, 0.15) is 50.2 Å². The van der Waals surface area contributed by atoms with E-state index in [1.807, 2.05) is 24.0 Å². The summed E-state index contributed by atoms with van der Waals surface area (Å²) in [5.41, 5.74) is 2.55. The fourth-order valence-electron chi connectivity index (χ4n) is 3.72. The zero-order chi connectivity index (χ0) is 16.2. The van der Waals surface area contributed by atoms with Gasteiger partial charge in [0.05, 0.1) is 0 Å². The van der Waals surface area contributed by atoms with Crippen molar-refractivity contribution in [2.75, 3.05) is 6.54 Å². The molecule has 124 valence electrons. The van der Waals surface area contributed by atoms with E-state index in [1.54, 1.807) is 0 Å². The Hall–Kier alpha value is -1.84. The molecule has 4 heteroatoms. The molecule has 3 rings (SSSR count). The Kier molecular flexibility index (Phi) is 4.99. The molecular weight excluding hydrogens is 288 g/mol. The van der Waals surface area contributed by atoms with Crippen LogP contribution in [0.2, 0.25) is 0 Å². The number of hydrogen-bond donors (Lipinski definition) is 1. The molecule has 0 spiro atoms. The average Bonchev–Trinajstić information content (AvgIpc) is 2.61. The minimum Gasteiger partial charge on any atom is -0.344 e. The predicted molar refractivity (Wildman–Crippen MR) is 89.7 cm³/mol. The number of benzene rings is 1. The van der Waals surface area contributed by atoms with Gasteiger partial charge < -0.3 is 10.2 Å². The van der Waals surface area contributed by atoms with E-state index < -0.39 is 6.04 Å². The van der Waals surface area contributed by atoms with Crippen molar-refractivity contribution in [3.8, 4) is 0 Å². The molecule has 2 aliphatic rings. The fourth-order valence-corrected chi connectivity index (χ4v) is 3.72. The van der Waals surface area contributed by atoms with Gasteiger partial charge in [0, 0.05) is 19.0 Å². The quantitative estimate of drug-likeness (QED) is 0.932. The van der Waals surface area contributed by atoms with Gasteiger partial charge in [-0.2, -0.15) is 0 Å². The summed E-state index contributed by atoms with van der Waals surface area (Å²) in [6.45, 7) is 3.20. The van der Waals surface area contributed by atoms with E-state index in [9.17, 15) is 9.59 Å². The van der Waals surface area contributed by atoms with Gasteiger partial charge in [0.1, 0.15) is 6.04 Å². The molecule has 0 saturated heterocycles. The van der Waals surface area contributed by atoms with E-state index in [-0.39, 0.29) is 17.7 Å². The summed E-state index contributed by atoms with van der Waals surface area (Å²) in [6, 6.07) is 7.84. The number of hydrogen-bond acceptors (Lipinski definition) is 2. The van der Waals surface area contributed by atoms with Crippen molar-refractivity contribution in [1.82, 2.24) is 10.2 Å². The van der Waals surface area contributed by atoms with Gasteiger partial charge in [0.15, 0.2) is 0 Å². The van der Waals surface area contributed by atoms with Gasteiger partial charge in [-0.15, -0.1) is 0 Å². The molecule has 0 unspecified atom stereocenters. The lowest BCUT2D eigenvalue weighted by Gasteiger charge is -2.31. The Morgan fingerprint density at radius 2 is 1.83 bits per heavy atom. The maximum atomic E-state index is 12.6. The Morgan fingerprint density at radius 3 is 2.57 bits per heavy atom. The van der Waals surface area contributed by atoms with Gasteiger partial charge in [0.2, 0.25) is 11.8 Å². The molecule has 1 saturated carbocycles. The smallest absolute Gasteiger partial charge is 0.245 e. The maximum Gasteiger partial charge on any atom is 0.245 e. The summed E-state index contributed by atoms with van der Waals surface area (Å²) >= 11 is 0. The van der Waals surface area contributed by atoms with E-state index in [2.05, 4.69) is 17.4 Å². The van der Waals surface area contributed by atoms with Crippen molar-refractivity contribution < 1.29 is 9.59 Å². The second-order valence-electron chi connectivity index (χ2n) is 6.84. The maximum absolute atomic E-state index is 12.6. The second-order valence-corrected chi connectivity index (χ2v) is 6.84. The summed E-state index contributed by atoms with van der Waals surface area (Å²) in [5.74, 6) is 0.188. The largest absolute Gasteiger partial charge is 0.344 e. The number of carbonyl (C=O) groups excluding carboxylic acids is 2. The van der Waals surface area contributed by atoms with Crippen LogP contribution in [-0.2, 0) is 22.6 Å². The Balaban J connectivity index is 1.56. The van der Waals surface area contributed by atoms with Crippen LogP contribution >= 0.6 is 0 Å². The standard InChI is InChI=1S/C19H26N2O2/c1-14(20-18(22)16-8-3-2-4-9-16)19(23)21-12-11-15-7-5-6-10-17(15)13-21/h5-7,10,14,16H,2-4,8-9,11-13H2,1H3,(H,20,22)/t14-/m1/s1. The Morgan fingerprint density at radius 1 is 1.13 bits per heavy atom. The third kappa shape index (κ3) is 3.74. The SMILES string of the molecule is C[C@@H](NC(=O)C1CCCCC1)C(=O)N1CCc2ccccc2C1. The van der Waals surface area contributed by atoms with Crippen LogP contribution in [0.15, 0.2) is 24.3 Å². The molecule has 4 nitrogen and oxygen atoms in total. The molecule has 2 amide bonds. The van der Waals surface area contributed by atoms with Crippen molar-refractivity contribution in [3.05, 3.63) is 35.4 Å². The molecule has 1 aliphatic carbocycles. The van der Waals surface area contributed by atoms with Crippen LogP contribution in [-0.4, -0.2) is 29.3 Å². The van der Waals surface area contributed by atoms with E-state index in [0.717, 1.165) is 38.6 Å². The molecule has 1 fully saturated rings. The van der Waals surface area contributed by atoms with Gasteiger partial charge in [-0.05, 0) is 37.3 Å². The molecule has 1 aromatic rings. The van der Waals surface area contributed by atoms with Gasteiger partial charge in [-0.1, -0.05) is 43.5 Å². The zero-order valence-corrected chi connectivity index (χ0v) is 13.9. The van der Waals surface area contributed by atoms with Gasteiger partial charge in [-0.25, -0.2) is 0 Å². The van der Waals surface area contributed by atoms with E-state index in [4.69, 9.17) is 0 Å². The Bertz CT molecular complexity index is 578. The summed E-state index contributed by atoms with van der Waals surface area (Å²) in [7, 11) is 0. The first-order valence-electron chi connectivity index (χ1n) is 8.81. The number of carbonyl (C=O) groups is 2. The summed E-state index contributed by atoms with van der Waals surface area (Å²) in [5, 5.41) is 2.94. The fraction of sp³-hybridized carbons (Fsp3) is 0.579. The van der Waals surface area contributed by atoms with Gasteiger partial charge in [0.25, 0.3) is 0 Å². The molecule has 1 atom stereocenters. The molecule has 0 bridgehead atoms. The summed E-state index contributed by atoms with van der Waals surface area (Å²) in [6.07, 6.45) is 6.30. The minimum atomic E-state index is -0.435. The van der Waals surface area contributed by atoms with Crippen molar-refractivity contribution in [2.45, 2.75) is 58.0 Å². The average molecular weight is 314 g/mol. The number of nitrogens with one attached hydrogen (secondary N) is 1. The number of amides is 2. The van der Waals surface area contributed by atoms with Crippen LogP contribution in [0, 0.1) is 5.92 Å². The van der Waals surface area contributed by atoms with Crippen LogP contribution in [0.25, 0.3) is 0 Å². The van der Waals surface area contributed by atoms with Crippen molar-refractivity contribution in [1.29, 1.82) is 0 Å². The number of rotatable bonds is 3. The minimum absolute atomic E-state index is 0.0312. The van der Waals surface area contributed by atoms with Crippen LogP contribution in [0.5, 0.6) is 0 Å². The summed E-state index contributed by atoms with van der Waals surface area (Å²) in [4.78, 5) is 26.8. The van der Waals surface area contributed by atoms with Crippen molar-refractivity contribution in [3.63, 3.8) is 0 Å². The van der Waals surface area contributed by atoms with Crippen LogP contribution < -0.4 is 5.32 Å². The normalized spacial score (nSPS) is 19.8. The third-order valence-corrected chi connectivity index (χ3v) is 5.15. The van der Waals surface area contributed by atoms with Crippen LogP contribution in [0.3, 0.4) is 0 Å². The van der Waals surface area contributed by atoms with Crippen molar-refractivity contribution >= 4 is 11.8 Å². The van der Waals surface area contributed by atoms with Crippen molar-refractivity contribution in [2.24, 2.45) is 5.92 Å². The first-order chi connectivity index (χ1) is 11.1. The first kappa shape index (κ1) is 16.0. The summed E-state index contributed by atoms with van der Waals surface area (Å²) < 4.78 is 0. The zero-order valence-electron chi connectivity index (χ0n) is 13.9. The monoisotopic (exact) mass is 314 g/mol. The van der Waals surface area contributed by atoms with E-state index >= 15 is 0 Å². The highest BCUT2D eigenvalue weighted by atomic mass is 16.2. The molecule has 1 aliphatic heterocycles. The molecule has 1 heterocycles. The molecule has 1 aromatic carbocycles. The van der Waals surface area contributed by atoms with Gasteiger partial charge >= 0.3 is 0 Å². The molecular formula is C19H26N2O2. The third-order valence-electron chi connectivity index (χ3n) is 5.15. The highest BCUT2D eigenvalue weighted by Crippen LogP contribution is 2.24. The molecule has 0 radical (unpaired) electrons. The first-order valence-corrected chi connectivity index (χ1v) is 8.81. The second kappa shape index (κ2) is 7.16. The molecule has 23 heavy (non-hydrogen) atoms. The van der Waals surface area contributed by atoms with Gasteiger partial charge in [-0.3, -0.25) is 9.59 Å². The lowest BCUT2D eigenvalue weighted by Crippen LogP contribution is -2.49. The number of nitrogens with zero attached hydrogens (tertiary/aromatic N) is 1. The molecule has 1 N–H and O–H groups in total. The highest BCUT2D eigenvalue weighted by molar-refractivity contribution is 5.88. The topological polar surface area (TPSA) is 49.4 Å². The number of fused-ring (bicyclic) bond motifs is 1. The highest BCUT2D eigenvalue weighted by Gasteiger charge is 2.28.